The van der Waals surface area contributed by atoms with Crippen LogP contribution in [0.25, 0.3) is 0 Å². The van der Waals surface area contributed by atoms with Crippen LogP contribution in [0, 0.1) is 5.41 Å². The van der Waals surface area contributed by atoms with Crippen molar-refractivity contribution in [3.63, 3.8) is 0 Å². The van der Waals surface area contributed by atoms with E-state index in [-0.39, 0.29) is 18.6 Å². The molecule has 2 fully saturated rings. The Bertz CT molecular complexity index is 608. The van der Waals surface area contributed by atoms with Crippen molar-refractivity contribution in [2.75, 3.05) is 26.3 Å². The summed E-state index contributed by atoms with van der Waals surface area (Å²) in [7, 11) is 0. The summed E-state index contributed by atoms with van der Waals surface area (Å²) >= 11 is 0. The third-order valence-corrected chi connectivity index (χ3v) is 4.84. The van der Waals surface area contributed by atoms with Gasteiger partial charge in [-0.3, -0.25) is 9.59 Å². The van der Waals surface area contributed by atoms with Crippen LogP contribution in [0.5, 0.6) is 5.75 Å². The maximum Gasteiger partial charge on any atom is 0.311 e. The molecule has 0 spiro atoms. The molecule has 0 aliphatic carbocycles. The molecule has 6 heteroatoms. The standard InChI is InChI=1S/C18H23NO5/c1-18(17(21)22)8-9-19(12-18)16(20)13-4-6-14(7-5-13)24-11-15-3-2-10-23-15/h4-7,15H,2-3,8-12H2,1H3,(H,21,22)/t15-,18+/m1/s1. The Kier molecular flexibility index (Phi) is 4.76. The van der Waals surface area contributed by atoms with Gasteiger partial charge in [-0.05, 0) is 50.5 Å². The van der Waals surface area contributed by atoms with E-state index in [9.17, 15) is 14.7 Å². The van der Waals surface area contributed by atoms with E-state index in [1.807, 2.05) is 0 Å². The third kappa shape index (κ3) is 3.53. The fourth-order valence-electron chi connectivity index (χ4n) is 3.15. The van der Waals surface area contributed by atoms with Gasteiger partial charge in [0.2, 0.25) is 0 Å². The van der Waals surface area contributed by atoms with Gasteiger partial charge in [0, 0.05) is 25.3 Å². The summed E-state index contributed by atoms with van der Waals surface area (Å²) in [6.07, 6.45) is 2.74. The summed E-state index contributed by atoms with van der Waals surface area (Å²) in [6.45, 7) is 3.73. The van der Waals surface area contributed by atoms with Gasteiger partial charge in [-0.1, -0.05) is 0 Å². The van der Waals surface area contributed by atoms with Crippen molar-refractivity contribution in [2.45, 2.75) is 32.3 Å². The molecule has 1 amide bonds. The van der Waals surface area contributed by atoms with E-state index >= 15 is 0 Å². The minimum Gasteiger partial charge on any atom is -0.491 e. The van der Waals surface area contributed by atoms with Crippen molar-refractivity contribution in [3.8, 4) is 5.75 Å². The van der Waals surface area contributed by atoms with Crippen LogP contribution in [-0.2, 0) is 9.53 Å². The van der Waals surface area contributed by atoms with Crippen LogP contribution in [0.1, 0.15) is 36.5 Å². The fraction of sp³-hybridized carbons (Fsp3) is 0.556. The number of likely N-dealkylation sites (tertiary alicyclic amines) is 1. The SMILES string of the molecule is C[C@]1(C(=O)O)CCN(C(=O)c2ccc(OC[C@H]3CCCO3)cc2)C1. The highest BCUT2D eigenvalue weighted by Gasteiger charge is 2.42. The predicted octanol–water partition coefficient (Wildman–Crippen LogP) is 2.18. The largest absolute Gasteiger partial charge is 0.491 e. The van der Waals surface area contributed by atoms with Crippen molar-refractivity contribution >= 4 is 11.9 Å². The first-order chi connectivity index (χ1) is 11.5. The topological polar surface area (TPSA) is 76.1 Å². The highest BCUT2D eigenvalue weighted by Crippen LogP contribution is 2.31. The first-order valence-corrected chi connectivity index (χ1v) is 8.35. The van der Waals surface area contributed by atoms with Crippen molar-refractivity contribution in [1.82, 2.24) is 4.90 Å². The first kappa shape index (κ1) is 16.8. The van der Waals surface area contributed by atoms with E-state index in [4.69, 9.17) is 9.47 Å². The van der Waals surface area contributed by atoms with E-state index in [1.165, 1.54) is 0 Å². The average molecular weight is 333 g/mol. The summed E-state index contributed by atoms with van der Waals surface area (Å²) in [4.78, 5) is 25.4. The molecule has 2 saturated heterocycles. The second-order valence-electron chi connectivity index (χ2n) is 6.81. The summed E-state index contributed by atoms with van der Waals surface area (Å²) in [5.41, 5.74) is -0.297. The van der Waals surface area contributed by atoms with Gasteiger partial charge < -0.3 is 19.5 Å². The Labute approximate surface area is 141 Å². The van der Waals surface area contributed by atoms with Crippen LogP contribution in [-0.4, -0.2) is 54.3 Å². The Hall–Kier alpha value is -2.08. The molecule has 0 unspecified atom stereocenters. The van der Waals surface area contributed by atoms with Crippen LogP contribution < -0.4 is 4.74 Å². The van der Waals surface area contributed by atoms with Crippen molar-refractivity contribution in [1.29, 1.82) is 0 Å². The quantitative estimate of drug-likeness (QED) is 0.894. The van der Waals surface area contributed by atoms with Gasteiger partial charge in [-0.2, -0.15) is 0 Å². The second kappa shape index (κ2) is 6.81. The molecule has 130 valence electrons. The molecule has 1 aromatic carbocycles. The van der Waals surface area contributed by atoms with Gasteiger partial charge in [0.25, 0.3) is 5.91 Å². The zero-order chi connectivity index (χ0) is 17.2. The number of carboxylic acid groups (broad SMARTS) is 1. The van der Waals surface area contributed by atoms with Gasteiger partial charge in [0.15, 0.2) is 0 Å². The molecule has 0 radical (unpaired) electrons. The monoisotopic (exact) mass is 333 g/mol. The number of aliphatic carboxylic acids is 1. The number of carboxylic acids is 1. The Morgan fingerprint density at radius 1 is 1.38 bits per heavy atom. The van der Waals surface area contributed by atoms with Crippen molar-refractivity contribution < 1.29 is 24.2 Å². The number of carbonyl (C=O) groups excluding carboxylic acids is 1. The van der Waals surface area contributed by atoms with Crippen LogP contribution in [0.15, 0.2) is 24.3 Å². The van der Waals surface area contributed by atoms with Crippen LogP contribution in [0.2, 0.25) is 0 Å². The second-order valence-corrected chi connectivity index (χ2v) is 6.81. The summed E-state index contributed by atoms with van der Waals surface area (Å²) < 4.78 is 11.2. The smallest absolute Gasteiger partial charge is 0.311 e. The molecule has 0 aromatic heterocycles. The molecule has 24 heavy (non-hydrogen) atoms. The lowest BCUT2D eigenvalue weighted by Gasteiger charge is -2.20. The number of nitrogens with zero attached hydrogens (tertiary/aromatic N) is 1. The van der Waals surface area contributed by atoms with E-state index in [0.717, 1.165) is 19.4 Å². The lowest BCUT2D eigenvalue weighted by atomic mass is 9.90. The molecule has 2 heterocycles. The van der Waals surface area contributed by atoms with Gasteiger partial charge in [0.1, 0.15) is 12.4 Å². The number of benzene rings is 1. The minimum atomic E-state index is -0.851. The molecule has 1 N–H and O–H groups in total. The molecule has 2 aliphatic rings. The highest BCUT2D eigenvalue weighted by molar-refractivity contribution is 5.95. The maximum absolute atomic E-state index is 12.5. The number of carbonyl (C=O) groups is 2. The Morgan fingerprint density at radius 3 is 2.71 bits per heavy atom. The lowest BCUT2D eigenvalue weighted by molar-refractivity contribution is -0.147. The van der Waals surface area contributed by atoms with Crippen LogP contribution in [0.3, 0.4) is 0 Å². The molecule has 0 bridgehead atoms. The number of hydrogen-bond donors (Lipinski definition) is 1. The van der Waals surface area contributed by atoms with E-state index < -0.39 is 11.4 Å². The lowest BCUT2D eigenvalue weighted by Crippen LogP contribution is -2.34. The first-order valence-electron chi connectivity index (χ1n) is 8.35. The molecule has 2 aliphatic heterocycles. The minimum absolute atomic E-state index is 0.134. The molecule has 3 rings (SSSR count). The fourth-order valence-corrected chi connectivity index (χ4v) is 3.15. The third-order valence-electron chi connectivity index (χ3n) is 4.84. The maximum atomic E-state index is 12.5. The summed E-state index contributed by atoms with van der Waals surface area (Å²) in [6, 6.07) is 7.00. The highest BCUT2D eigenvalue weighted by atomic mass is 16.5. The number of ether oxygens (including phenoxy) is 2. The van der Waals surface area contributed by atoms with E-state index in [2.05, 4.69) is 0 Å². The summed E-state index contributed by atoms with van der Waals surface area (Å²) in [5.74, 6) is -0.278. The normalized spacial score (nSPS) is 26.5. The molecular formula is C18H23NO5. The number of hydrogen-bond acceptors (Lipinski definition) is 4. The van der Waals surface area contributed by atoms with Gasteiger partial charge in [-0.15, -0.1) is 0 Å². The van der Waals surface area contributed by atoms with Gasteiger partial charge >= 0.3 is 5.97 Å². The number of rotatable bonds is 5. The zero-order valence-electron chi connectivity index (χ0n) is 13.9. The predicted molar refractivity (Wildman–Crippen MR) is 87.2 cm³/mol. The van der Waals surface area contributed by atoms with E-state index in [1.54, 1.807) is 36.1 Å². The molecule has 6 nitrogen and oxygen atoms in total. The van der Waals surface area contributed by atoms with Crippen LogP contribution in [0.4, 0.5) is 0 Å². The Morgan fingerprint density at radius 2 is 2.12 bits per heavy atom. The number of amides is 1. The average Bonchev–Trinajstić information content (AvgIpc) is 3.23. The molecule has 1 aromatic rings. The van der Waals surface area contributed by atoms with E-state index in [0.29, 0.717) is 30.9 Å². The molecule has 2 atom stereocenters. The Balaban J connectivity index is 1.57. The summed E-state index contributed by atoms with van der Waals surface area (Å²) in [5, 5.41) is 9.26. The van der Waals surface area contributed by atoms with Gasteiger partial charge in [-0.25, -0.2) is 0 Å². The van der Waals surface area contributed by atoms with Crippen molar-refractivity contribution in [2.24, 2.45) is 5.41 Å². The van der Waals surface area contributed by atoms with Crippen molar-refractivity contribution in [3.05, 3.63) is 29.8 Å². The zero-order valence-corrected chi connectivity index (χ0v) is 13.9. The van der Waals surface area contributed by atoms with Gasteiger partial charge in [0.05, 0.1) is 11.5 Å². The molecule has 0 saturated carbocycles. The van der Waals surface area contributed by atoms with Crippen LogP contribution >= 0.6 is 0 Å². The molecular weight excluding hydrogens is 310 g/mol.